The van der Waals surface area contributed by atoms with E-state index in [1.165, 1.54) is 7.11 Å². The van der Waals surface area contributed by atoms with Crippen molar-refractivity contribution < 1.29 is 14.3 Å². The fraction of sp³-hybridized carbons (Fsp3) is 0.364. The van der Waals surface area contributed by atoms with Crippen LogP contribution in [0.25, 0.3) is 0 Å². The van der Waals surface area contributed by atoms with Crippen LogP contribution in [0.5, 0.6) is 0 Å². The highest BCUT2D eigenvalue weighted by Gasteiger charge is 2.33. The second-order valence-electron chi connectivity index (χ2n) is 7.27. The van der Waals surface area contributed by atoms with Gasteiger partial charge in [0.1, 0.15) is 0 Å². The van der Waals surface area contributed by atoms with Gasteiger partial charge in [0.05, 0.1) is 18.2 Å². The highest BCUT2D eigenvalue weighted by atomic mass is 127. The zero-order valence-corrected chi connectivity index (χ0v) is 18.5. The maximum absolute atomic E-state index is 13.1. The van der Waals surface area contributed by atoms with Gasteiger partial charge in [0.2, 0.25) is 0 Å². The van der Waals surface area contributed by atoms with Crippen molar-refractivity contribution in [1.82, 2.24) is 9.80 Å². The Morgan fingerprint density at radius 3 is 2.21 bits per heavy atom. The predicted molar refractivity (Wildman–Crippen MR) is 117 cm³/mol. The molecule has 0 aromatic heterocycles. The zero-order valence-electron chi connectivity index (χ0n) is 16.4. The van der Waals surface area contributed by atoms with E-state index in [2.05, 4.69) is 41.3 Å². The number of ether oxygens (including phenoxy) is 1. The quantitative estimate of drug-likeness (QED) is 0.481. The van der Waals surface area contributed by atoms with Gasteiger partial charge in [0.25, 0.3) is 5.91 Å². The van der Waals surface area contributed by atoms with Crippen molar-refractivity contribution in [2.45, 2.75) is 32.5 Å². The number of rotatable bonds is 4. The summed E-state index contributed by atoms with van der Waals surface area (Å²) >= 11 is 2.22. The fourth-order valence-corrected chi connectivity index (χ4v) is 4.48. The van der Waals surface area contributed by atoms with Crippen molar-refractivity contribution in [3.05, 3.63) is 68.8 Å². The number of carbonyl (C=O) groups is 2. The van der Waals surface area contributed by atoms with Crippen LogP contribution in [-0.4, -0.2) is 54.0 Å². The Bertz CT molecular complexity index is 841. The number of amides is 1. The van der Waals surface area contributed by atoms with Crippen LogP contribution in [0.1, 0.15) is 40.1 Å². The van der Waals surface area contributed by atoms with E-state index in [0.29, 0.717) is 5.56 Å². The highest BCUT2D eigenvalue weighted by molar-refractivity contribution is 14.1. The first-order chi connectivity index (χ1) is 13.4. The summed E-state index contributed by atoms with van der Waals surface area (Å²) in [5.74, 6) is -0.219. The predicted octanol–water partition coefficient (Wildman–Crippen LogP) is 3.81. The van der Waals surface area contributed by atoms with Crippen LogP contribution in [0.3, 0.4) is 0 Å². The molecule has 28 heavy (non-hydrogen) atoms. The molecule has 148 valence electrons. The summed E-state index contributed by atoms with van der Waals surface area (Å²) in [6, 6.07) is 15.5. The molecule has 0 bridgehead atoms. The number of methoxy groups -OCH3 is 1. The van der Waals surface area contributed by atoms with E-state index in [0.717, 1.165) is 34.3 Å². The Hall–Kier alpha value is -1.93. The lowest BCUT2D eigenvalue weighted by molar-refractivity contribution is 0.0267. The first-order valence-corrected chi connectivity index (χ1v) is 10.5. The van der Waals surface area contributed by atoms with E-state index >= 15 is 0 Å². The third-order valence-corrected chi connectivity index (χ3v) is 6.06. The monoisotopic (exact) mass is 492 g/mol. The number of hydrogen-bond donors (Lipinski definition) is 0. The summed E-state index contributed by atoms with van der Waals surface area (Å²) in [4.78, 5) is 29.0. The minimum Gasteiger partial charge on any atom is -0.465 e. The average molecular weight is 492 g/mol. The second kappa shape index (κ2) is 9.05. The first kappa shape index (κ1) is 20.8. The molecule has 1 heterocycles. The second-order valence-corrected chi connectivity index (χ2v) is 8.44. The van der Waals surface area contributed by atoms with Gasteiger partial charge in [-0.05, 0) is 66.3 Å². The van der Waals surface area contributed by atoms with Gasteiger partial charge in [-0.3, -0.25) is 9.69 Å². The van der Waals surface area contributed by atoms with E-state index in [9.17, 15) is 9.59 Å². The number of esters is 1. The summed E-state index contributed by atoms with van der Waals surface area (Å²) in [6.45, 7) is 6.64. The fourth-order valence-electron chi connectivity index (χ4n) is 3.86. The molecular formula is C22H25IN2O3. The van der Waals surface area contributed by atoms with E-state index < -0.39 is 0 Å². The van der Waals surface area contributed by atoms with Crippen molar-refractivity contribution >= 4 is 34.5 Å². The molecule has 1 fully saturated rings. The van der Waals surface area contributed by atoms with Crippen molar-refractivity contribution in [3.8, 4) is 0 Å². The molecule has 1 amide bonds. The summed E-state index contributed by atoms with van der Waals surface area (Å²) in [5.41, 5.74) is 2.47. The summed E-state index contributed by atoms with van der Waals surface area (Å²) in [5, 5.41) is 0. The van der Waals surface area contributed by atoms with Crippen LogP contribution in [0.2, 0.25) is 0 Å². The zero-order chi connectivity index (χ0) is 20.3. The minimum absolute atomic E-state index is 0.104. The van der Waals surface area contributed by atoms with Crippen LogP contribution in [0, 0.1) is 3.57 Å². The number of halogens is 1. The lowest BCUT2D eigenvalue weighted by atomic mass is 10.0. The van der Waals surface area contributed by atoms with Crippen LogP contribution < -0.4 is 0 Å². The van der Waals surface area contributed by atoms with Gasteiger partial charge in [-0.2, -0.15) is 0 Å². The molecule has 6 heteroatoms. The van der Waals surface area contributed by atoms with E-state index in [-0.39, 0.29) is 24.0 Å². The molecule has 1 saturated heterocycles. The Morgan fingerprint density at radius 2 is 1.64 bits per heavy atom. The van der Waals surface area contributed by atoms with Gasteiger partial charge in [0.15, 0.2) is 0 Å². The van der Waals surface area contributed by atoms with Gasteiger partial charge < -0.3 is 9.64 Å². The number of carbonyl (C=O) groups excluding carboxylic acids is 2. The molecule has 0 unspecified atom stereocenters. The van der Waals surface area contributed by atoms with E-state index in [1.807, 2.05) is 41.3 Å². The molecule has 5 nitrogen and oxygen atoms in total. The minimum atomic E-state index is -0.323. The molecule has 1 aliphatic heterocycles. The van der Waals surface area contributed by atoms with Crippen molar-refractivity contribution in [1.29, 1.82) is 0 Å². The molecule has 0 radical (unpaired) electrons. The lowest BCUT2D eigenvalue weighted by Crippen LogP contribution is -2.58. The molecule has 0 saturated carbocycles. The van der Waals surface area contributed by atoms with Crippen molar-refractivity contribution in [2.75, 3.05) is 20.2 Å². The number of nitrogens with zero attached hydrogens (tertiary/aromatic N) is 2. The van der Waals surface area contributed by atoms with Crippen LogP contribution in [-0.2, 0) is 11.3 Å². The normalized spacial score (nSPS) is 20.1. The number of benzene rings is 2. The molecule has 1 aliphatic rings. The van der Waals surface area contributed by atoms with Crippen molar-refractivity contribution in [3.63, 3.8) is 0 Å². The Morgan fingerprint density at radius 1 is 1.04 bits per heavy atom. The van der Waals surface area contributed by atoms with E-state index in [1.54, 1.807) is 12.1 Å². The molecule has 0 aliphatic carbocycles. The van der Waals surface area contributed by atoms with Gasteiger partial charge in [-0.25, -0.2) is 4.79 Å². The Labute approximate surface area is 179 Å². The van der Waals surface area contributed by atoms with Gasteiger partial charge in [-0.1, -0.05) is 24.3 Å². The van der Waals surface area contributed by atoms with Gasteiger partial charge in [-0.15, -0.1) is 0 Å². The topological polar surface area (TPSA) is 49.9 Å². The summed E-state index contributed by atoms with van der Waals surface area (Å²) in [6.07, 6.45) is 0. The third-order valence-electron chi connectivity index (χ3n) is 5.11. The lowest BCUT2D eigenvalue weighted by Gasteiger charge is -2.44. The van der Waals surface area contributed by atoms with Gasteiger partial charge in [0, 0.05) is 35.3 Å². The summed E-state index contributed by atoms with van der Waals surface area (Å²) < 4.78 is 5.73. The molecule has 3 rings (SSSR count). The van der Waals surface area contributed by atoms with Crippen LogP contribution >= 0.6 is 22.6 Å². The molecule has 2 aromatic rings. The van der Waals surface area contributed by atoms with Crippen molar-refractivity contribution in [2.24, 2.45) is 0 Å². The average Bonchev–Trinajstić information content (AvgIpc) is 2.67. The number of hydrogen-bond acceptors (Lipinski definition) is 4. The van der Waals surface area contributed by atoms with Crippen LogP contribution in [0.15, 0.2) is 48.5 Å². The Kier molecular flexibility index (Phi) is 6.72. The molecule has 0 N–H and O–H groups in total. The molecule has 2 aromatic carbocycles. The standard InChI is InChI=1S/C22H25IN2O3/c1-15-12-24(14-17-8-10-18(11-9-17)22(27)28-3)13-16(2)25(15)21(26)19-6-4-5-7-20(19)23/h4-11,15-16H,12-14H2,1-3H3/t15-,16+. The third kappa shape index (κ3) is 4.55. The molecule has 2 atom stereocenters. The maximum atomic E-state index is 13.1. The summed E-state index contributed by atoms with van der Waals surface area (Å²) in [7, 11) is 1.39. The SMILES string of the molecule is COC(=O)c1ccc(CN2C[C@@H](C)N(C(=O)c3ccccc3I)[C@@H](C)C2)cc1. The smallest absolute Gasteiger partial charge is 0.337 e. The maximum Gasteiger partial charge on any atom is 0.337 e. The first-order valence-electron chi connectivity index (χ1n) is 9.37. The number of piperazine rings is 1. The Balaban J connectivity index is 1.67. The van der Waals surface area contributed by atoms with Gasteiger partial charge >= 0.3 is 5.97 Å². The highest BCUT2D eigenvalue weighted by Crippen LogP contribution is 2.23. The molecule has 0 spiro atoms. The van der Waals surface area contributed by atoms with Crippen LogP contribution in [0.4, 0.5) is 0 Å². The van der Waals surface area contributed by atoms with E-state index in [4.69, 9.17) is 4.74 Å². The largest absolute Gasteiger partial charge is 0.465 e. The molecular weight excluding hydrogens is 467 g/mol.